The van der Waals surface area contributed by atoms with Crippen molar-refractivity contribution in [1.82, 2.24) is 5.32 Å². The first-order chi connectivity index (χ1) is 4.38. The number of hydrogen-bond acceptors (Lipinski definition) is 2. The Kier molecular flexibility index (Phi) is 1.86. The molecule has 1 saturated heterocycles. The van der Waals surface area contributed by atoms with Gasteiger partial charge in [0, 0.05) is 24.6 Å². The Balaban J connectivity index is 2.50. The van der Waals surface area contributed by atoms with Crippen molar-refractivity contribution in [2.24, 2.45) is 5.92 Å². The van der Waals surface area contributed by atoms with Crippen molar-refractivity contribution in [3.8, 4) is 6.07 Å². The summed E-state index contributed by atoms with van der Waals surface area (Å²) in [5, 5.41) is 11.6. The van der Waals surface area contributed by atoms with Crippen LogP contribution in [0.3, 0.4) is 0 Å². The molecule has 0 aliphatic carbocycles. The third-order valence-corrected chi connectivity index (χ3v) is 1.66. The van der Waals surface area contributed by atoms with E-state index >= 15 is 0 Å². The van der Waals surface area contributed by atoms with Gasteiger partial charge < -0.3 is 5.32 Å². The molecule has 1 aliphatic heterocycles. The van der Waals surface area contributed by atoms with Crippen molar-refractivity contribution in [3.63, 3.8) is 0 Å². The van der Waals surface area contributed by atoms with Crippen LogP contribution in [0.5, 0.6) is 0 Å². The van der Waals surface area contributed by atoms with Crippen LogP contribution < -0.4 is 5.32 Å². The molecule has 0 spiro atoms. The van der Waals surface area contributed by atoms with Crippen LogP contribution in [0.25, 0.3) is 0 Å². The summed E-state index contributed by atoms with van der Waals surface area (Å²) in [6, 6.07) is 2.17. The van der Waals surface area contributed by atoms with Gasteiger partial charge in [-0.1, -0.05) is 6.08 Å². The predicted octanol–water partition coefficient (Wildman–Crippen LogP) is 0.676. The number of allylic oxidation sites excluding steroid dienone is 1. The van der Waals surface area contributed by atoms with Crippen LogP contribution in [-0.4, -0.2) is 13.1 Å². The molecule has 0 radical (unpaired) electrons. The first kappa shape index (κ1) is 6.31. The van der Waals surface area contributed by atoms with Gasteiger partial charge in [-0.2, -0.15) is 5.26 Å². The fourth-order valence-electron chi connectivity index (χ4n) is 0.900. The molecule has 0 aromatic rings. The molecule has 1 rings (SSSR count). The third kappa shape index (κ3) is 1.11. The number of nitrogens with one attached hydrogen (secondary N) is 1. The summed E-state index contributed by atoms with van der Waals surface area (Å²) >= 11 is 0. The van der Waals surface area contributed by atoms with E-state index in [2.05, 4.69) is 11.4 Å². The van der Waals surface area contributed by atoms with E-state index in [9.17, 15) is 0 Å². The lowest BCUT2D eigenvalue weighted by atomic mass is 9.94. The molecule has 1 N–H and O–H groups in total. The van der Waals surface area contributed by atoms with Crippen LogP contribution in [0.1, 0.15) is 6.92 Å². The van der Waals surface area contributed by atoms with Crippen LogP contribution >= 0.6 is 0 Å². The number of rotatable bonds is 1. The zero-order valence-corrected chi connectivity index (χ0v) is 5.52. The zero-order valence-electron chi connectivity index (χ0n) is 5.52. The standard InChI is InChI=1S/C7H10N2/c1-2-6(3-8)7-4-9-5-7/h2,7,9H,4-5H2,1H3/b6-2-. The molecule has 2 nitrogen and oxygen atoms in total. The number of nitrogens with zero attached hydrogens (tertiary/aromatic N) is 1. The Morgan fingerprint density at radius 3 is 2.56 bits per heavy atom. The Hall–Kier alpha value is -0.810. The maximum Gasteiger partial charge on any atom is 0.0947 e. The fourth-order valence-corrected chi connectivity index (χ4v) is 0.900. The Morgan fingerprint density at radius 2 is 2.44 bits per heavy atom. The molecule has 0 aromatic carbocycles. The van der Waals surface area contributed by atoms with Gasteiger partial charge in [0.25, 0.3) is 0 Å². The van der Waals surface area contributed by atoms with E-state index in [1.54, 1.807) is 0 Å². The van der Waals surface area contributed by atoms with Gasteiger partial charge in [0.1, 0.15) is 0 Å². The van der Waals surface area contributed by atoms with Gasteiger partial charge in [0.2, 0.25) is 0 Å². The summed E-state index contributed by atoms with van der Waals surface area (Å²) in [7, 11) is 0. The highest BCUT2D eigenvalue weighted by atomic mass is 14.9. The molecule has 1 aliphatic rings. The molecular weight excluding hydrogens is 112 g/mol. The van der Waals surface area contributed by atoms with Crippen molar-refractivity contribution in [2.45, 2.75) is 6.92 Å². The van der Waals surface area contributed by atoms with Gasteiger partial charge in [0.15, 0.2) is 0 Å². The molecule has 1 heterocycles. The lowest BCUT2D eigenvalue weighted by Gasteiger charge is -2.26. The van der Waals surface area contributed by atoms with Gasteiger partial charge in [-0.25, -0.2) is 0 Å². The summed E-state index contributed by atoms with van der Waals surface area (Å²) in [5.74, 6) is 0.500. The van der Waals surface area contributed by atoms with Crippen LogP contribution in [0.4, 0.5) is 0 Å². The fraction of sp³-hybridized carbons (Fsp3) is 0.571. The smallest absolute Gasteiger partial charge is 0.0947 e. The summed E-state index contributed by atoms with van der Waals surface area (Å²) in [4.78, 5) is 0. The minimum atomic E-state index is 0.500. The molecule has 1 fully saturated rings. The van der Waals surface area contributed by atoms with Crippen LogP contribution in [0.15, 0.2) is 11.6 Å². The molecule has 0 aromatic heterocycles. The van der Waals surface area contributed by atoms with E-state index in [0.29, 0.717) is 5.92 Å². The highest BCUT2D eigenvalue weighted by Crippen LogP contribution is 2.13. The molecule has 0 atom stereocenters. The third-order valence-electron chi connectivity index (χ3n) is 1.66. The lowest BCUT2D eigenvalue weighted by Crippen LogP contribution is -2.42. The molecule has 0 unspecified atom stereocenters. The van der Waals surface area contributed by atoms with E-state index in [4.69, 9.17) is 5.26 Å². The summed E-state index contributed by atoms with van der Waals surface area (Å²) in [6.07, 6.45) is 1.89. The lowest BCUT2D eigenvalue weighted by molar-refractivity contribution is 0.406. The van der Waals surface area contributed by atoms with Gasteiger partial charge >= 0.3 is 0 Å². The quantitative estimate of drug-likeness (QED) is 0.519. The van der Waals surface area contributed by atoms with Crippen molar-refractivity contribution in [3.05, 3.63) is 11.6 Å². The van der Waals surface area contributed by atoms with Gasteiger partial charge in [0.05, 0.1) is 6.07 Å². The number of nitriles is 1. The van der Waals surface area contributed by atoms with Crippen LogP contribution in [0, 0.1) is 17.2 Å². The minimum absolute atomic E-state index is 0.500. The van der Waals surface area contributed by atoms with Crippen molar-refractivity contribution in [2.75, 3.05) is 13.1 Å². The van der Waals surface area contributed by atoms with E-state index in [0.717, 1.165) is 18.7 Å². The largest absolute Gasteiger partial charge is 0.315 e. The Bertz CT molecular complexity index is 160. The topological polar surface area (TPSA) is 35.8 Å². The second-order valence-corrected chi connectivity index (χ2v) is 2.21. The summed E-state index contributed by atoms with van der Waals surface area (Å²) < 4.78 is 0. The summed E-state index contributed by atoms with van der Waals surface area (Å²) in [6.45, 7) is 3.87. The molecular formula is C7H10N2. The van der Waals surface area contributed by atoms with E-state index in [1.165, 1.54) is 0 Å². The van der Waals surface area contributed by atoms with E-state index < -0.39 is 0 Å². The van der Waals surface area contributed by atoms with Gasteiger partial charge in [-0.15, -0.1) is 0 Å². The van der Waals surface area contributed by atoms with Crippen molar-refractivity contribution >= 4 is 0 Å². The average Bonchev–Trinajstić information content (AvgIpc) is 1.78. The zero-order chi connectivity index (χ0) is 6.69. The van der Waals surface area contributed by atoms with Gasteiger partial charge in [-0.05, 0) is 6.92 Å². The second-order valence-electron chi connectivity index (χ2n) is 2.21. The molecule has 0 bridgehead atoms. The molecule has 0 saturated carbocycles. The van der Waals surface area contributed by atoms with E-state index in [-0.39, 0.29) is 0 Å². The molecule has 48 valence electrons. The van der Waals surface area contributed by atoms with Crippen LogP contribution in [0.2, 0.25) is 0 Å². The Morgan fingerprint density at radius 1 is 1.78 bits per heavy atom. The normalized spacial score (nSPS) is 20.7. The minimum Gasteiger partial charge on any atom is -0.315 e. The highest BCUT2D eigenvalue weighted by molar-refractivity contribution is 5.25. The molecule has 0 amide bonds. The maximum absolute atomic E-state index is 8.52. The molecule has 2 heteroatoms. The maximum atomic E-state index is 8.52. The van der Waals surface area contributed by atoms with E-state index in [1.807, 2.05) is 13.0 Å². The highest BCUT2D eigenvalue weighted by Gasteiger charge is 2.19. The molecule has 9 heavy (non-hydrogen) atoms. The van der Waals surface area contributed by atoms with Crippen LogP contribution in [-0.2, 0) is 0 Å². The predicted molar refractivity (Wildman–Crippen MR) is 35.7 cm³/mol. The monoisotopic (exact) mass is 122 g/mol. The average molecular weight is 122 g/mol. The SMILES string of the molecule is C/C=C(/C#N)C1CNC1. The van der Waals surface area contributed by atoms with Crippen molar-refractivity contribution in [1.29, 1.82) is 5.26 Å². The first-order valence-corrected chi connectivity index (χ1v) is 3.15. The number of hydrogen-bond donors (Lipinski definition) is 1. The Labute approximate surface area is 55.2 Å². The van der Waals surface area contributed by atoms with Crippen molar-refractivity contribution < 1.29 is 0 Å². The second kappa shape index (κ2) is 2.65. The van der Waals surface area contributed by atoms with Gasteiger partial charge in [-0.3, -0.25) is 0 Å². The summed E-state index contributed by atoms with van der Waals surface area (Å²) in [5.41, 5.74) is 0.925. The first-order valence-electron chi connectivity index (χ1n) is 3.15.